The van der Waals surface area contributed by atoms with Gasteiger partial charge >= 0.3 is 0 Å². The third-order valence-electron chi connectivity index (χ3n) is 5.49. The molecule has 0 aromatic heterocycles. The number of piperidine rings is 1. The quantitative estimate of drug-likeness (QED) is 0.807. The van der Waals surface area contributed by atoms with Crippen molar-refractivity contribution in [2.75, 3.05) is 19.6 Å². The van der Waals surface area contributed by atoms with Crippen molar-refractivity contribution in [1.82, 2.24) is 10.2 Å². The summed E-state index contributed by atoms with van der Waals surface area (Å²) < 4.78 is 0. The molecule has 2 saturated carbocycles. The summed E-state index contributed by atoms with van der Waals surface area (Å²) in [5, 5.41) is 3.58. The first-order chi connectivity index (χ1) is 8.84. The fourth-order valence-corrected chi connectivity index (χ4v) is 4.14. The number of hydrogen-bond donors (Lipinski definition) is 1. The van der Waals surface area contributed by atoms with Gasteiger partial charge in [-0.2, -0.15) is 0 Å². The van der Waals surface area contributed by atoms with Crippen molar-refractivity contribution in [1.29, 1.82) is 0 Å². The average molecular weight is 250 g/mol. The van der Waals surface area contributed by atoms with Gasteiger partial charge in [-0.1, -0.05) is 12.8 Å². The fraction of sp³-hybridized carbons (Fsp3) is 1.00. The lowest BCUT2D eigenvalue weighted by molar-refractivity contribution is 0.115. The predicted molar refractivity (Wildman–Crippen MR) is 76.7 cm³/mol. The maximum atomic E-state index is 3.58. The molecule has 0 amide bonds. The summed E-state index contributed by atoms with van der Waals surface area (Å²) in [6.07, 6.45) is 11.7. The van der Waals surface area contributed by atoms with Crippen molar-refractivity contribution in [3.8, 4) is 0 Å². The predicted octanol–water partition coefficient (Wildman–Crippen LogP) is 3.03. The van der Waals surface area contributed by atoms with E-state index in [1.165, 1.54) is 71.0 Å². The van der Waals surface area contributed by atoms with Gasteiger partial charge in [-0.3, -0.25) is 4.90 Å². The van der Waals surface area contributed by atoms with Gasteiger partial charge in [-0.25, -0.2) is 0 Å². The molecule has 2 nitrogen and oxygen atoms in total. The zero-order chi connectivity index (χ0) is 12.4. The van der Waals surface area contributed by atoms with Crippen LogP contribution in [0.25, 0.3) is 0 Å². The molecule has 0 radical (unpaired) electrons. The van der Waals surface area contributed by atoms with Crippen LogP contribution in [-0.4, -0.2) is 36.6 Å². The molecule has 2 unspecified atom stereocenters. The van der Waals surface area contributed by atoms with Crippen molar-refractivity contribution < 1.29 is 0 Å². The molecule has 18 heavy (non-hydrogen) atoms. The van der Waals surface area contributed by atoms with Crippen LogP contribution in [0.1, 0.15) is 58.3 Å². The van der Waals surface area contributed by atoms with Crippen LogP contribution in [0.15, 0.2) is 0 Å². The number of nitrogens with one attached hydrogen (secondary N) is 1. The molecule has 104 valence electrons. The van der Waals surface area contributed by atoms with E-state index in [-0.39, 0.29) is 0 Å². The Morgan fingerprint density at radius 3 is 2.44 bits per heavy atom. The van der Waals surface area contributed by atoms with Gasteiger partial charge < -0.3 is 5.32 Å². The molecular formula is C16H30N2. The number of hydrogen-bond acceptors (Lipinski definition) is 2. The summed E-state index contributed by atoms with van der Waals surface area (Å²) in [7, 11) is 0. The minimum Gasteiger partial charge on any atom is -0.316 e. The van der Waals surface area contributed by atoms with Crippen LogP contribution in [0.4, 0.5) is 0 Å². The van der Waals surface area contributed by atoms with E-state index in [2.05, 4.69) is 17.1 Å². The van der Waals surface area contributed by atoms with Gasteiger partial charge in [0.15, 0.2) is 0 Å². The van der Waals surface area contributed by atoms with Gasteiger partial charge in [0.25, 0.3) is 0 Å². The number of rotatable bonds is 5. The number of nitrogens with zero attached hydrogens (tertiary/aromatic N) is 1. The molecule has 1 saturated heterocycles. The Labute approximate surface area is 113 Å². The van der Waals surface area contributed by atoms with E-state index in [1.54, 1.807) is 0 Å². The Kier molecular flexibility index (Phi) is 4.25. The summed E-state index contributed by atoms with van der Waals surface area (Å²) in [5.74, 6) is 1.92. The van der Waals surface area contributed by atoms with E-state index < -0.39 is 0 Å². The van der Waals surface area contributed by atoms with Gasteiger partial charge in [0.1, 0.15) is 0 Å². The largest absolute Gasteiger partial charge is 0.316 e. The topological polar surface area (TPSA) is 15.3 Å². The Bertz CT molecular complexity index is 250. The van der Waals surface area contributed by atoms with E-state index in [0.29, 0.717) is 0 Å². The summed E-state index contributed by atoms with van der Waals surface area (Å²) in [6, 6.07) is 1.80. The van der Waals surface area contributed by atoms with Crippen LogP contribution in [0, 0.1) is 11.8 Å². The molecule has 2 aliphatic carbocycles. The first-order valence-electron chi connectivity index (χ1n) is 8.31. The molecular weight excluding hydrogens is 220 g/mol. The van der Waals surface area contributed by atoms with Crippen molar-refractivity contribution >= 4 is 0 Å². The van der Waals surface area contributed by atoms with Crippen LogP contribution >= 0.6 is 0 Å². The second-order valence-corrected chi connectivity index (χ2v) is 6.93. The molecule has 3 fully saturated rings. The molecule has 2 heteroatoms. The van der Waals surface area contributed by atoms with E-state index >= 15 is 0 Å². The minimum atomic E-state index is 0.849. The molecule has 3 aliphatic rings. The molecule has 1 heterocycles. The minimum absolute atomic E-state index is 0.849. The molecule has 0 bridgehead atoms. The third-order valence-corrected chi connectivity index (χ3v) is 5.49. The molecule has 1 aliphatic heterocycles. The van der Waals surface area contributed by atoms with Gasteiger partial charge in [0, 0.05) is 18.6 Å². The molecule has 0 aromatic rings. The highest BCUT2D eigenvalue weighted by Gasteiger charge is 2.37. The fourth-order valence-electron chi connectivity index (χ4n) is 4.14. The lowest BCUT2D eigenvalue weighted by Gasteiger charge is -2.37. The molecule has 2 atom stereocenters. The van der Waals surface area contributed by atoms with Crippen LogP contribution in [0.2, 0.25) is 0 Å². The van der Waals surface area contributed by atoms with Crippen LogP contribution in [-0.2, 0) is 0 Å². The van der Waals surface area contributed by atoms with Crippen molar-refractivity contribution in [2.24, 2.45) is 11.8 Å². The Balaban J connectivity index is 1.56. The summed E-state index contributed by atoms with van der Waals surface area (Å²) in [4.78, 5) is 2.90. The summed E-state index contributed by atoms with van der Waals surface area (Å²) in [5.41, 5.74) is 0. The van der Waals surface area contributed by atoms with E-state index in [4.69, 9.17) is 0 Å². The zero-order valence-corrected chi connectivity index (χ0v) is 12.0. The van der Waals surface area contributed by atoms with E-state index in [1.807, 2.05) is 0 Å². The van der Waals surface area contributed by atoms with Crippen molar-refractivity contribution in [3.05, 3.63) is 0 Å². The third kappa shape index (κ3) is 3.08. The molecule has 0 aromatic carbocycles. The maximum absolute atomic E-state index is 3.58. The van der Waals surface area contributed by atoms with E-state index in [9.17, 15) is 0 Å². The van der Waals surface area contributed by atoms with E-state index in [0.717, 1.165) is 23.9 Å². The van der Waals surface area contributed by atoms with Crippen LogP contribution < -0.4 is 5.32 Å². The normalized spacial score (nSPS) is 32.0. The van der Waals surface area contributed by atoms with Gasteiger partial charge in [-0.15, -0.1) is 0 Å². The SMILES string of the molecule is CC(C1CCCC1)N(CC1CCCNC1)C1CC1. The molecule has 0 spiro atoms. The Morgan fingerprint density at radius 2 is 1.83 bits per heavy atom. The first kappa shape index (κ1) is 12.9. The van der Waals surface area contributed by atoms with Gasteiger partial charge in [0.2, 0.25) is 0 Å². The maximum Gasteiger partial charge on any atom is 0.00994 e. The smallest absolute Gasteiger partial charge is 0.00994 e. The summed E-state index contributed by atoms with van der Waals surface area (Å²) >= 11 is 0. The van der Waals surface area contributed by atoms with Gasteiger partial charge in [-0.05, 0) is 70.4 Å². The monoisotopic (exact) mass is 250 g/mol. The molecule has 1 N–H and O–H groups in total. The van der Waals surface area contributed by atoms with Gasteiger partial charge in [0.05, 0.1) is 0 Å². The standard InChI is InChI=1S/C16H30N2/c1-13(15-6-2-3-7-15)18(16-8-9-16)12-14-5-4-10-17-11-14/h13-17H,2-12H2,1H3. The van der Waals surface area contributed by atoms with Crippen molar-refractivity contribution in [3.63, 3.8) is 0 Å². The highest BCUT2D eigenvalue weighted by atomic mass is 15.2. The van der Waals surface area contributed by atoms with Crippen LogP contribution in [0.3, 0.4) is 0 Å². The highest BCUT2D eigenvalue weighted by Crippen LogP contribution is 2.36. The summed E-state index contributed by atoms with van der Waals surface area (Å²) in [6.45, 7) is 6.40. The lowest BCUT2D eigenvalue weighted by atomic mass is 9.94. The second kappa shape index (κ2) is 5.92. The Hall–Kier alpha value is -0.0800. The first-order valence-corrected chi connectivity index (χ1v) is 8.31. The van der Waals surface area contributed by atoms with Crippen LogP contribution in [0.5, 0.6) is 0 Å². The van der Waals surface area contributed by atoms with Crippen molar-refractivity contribution in [2.45, 2.75) is 70.4 Å². The average Bonchev–Trinajstić information content (AvgIpc) is 3.10. The Morgan fingerprint density at radius 1 is 1.06 bits per heavy atom. The zero-order valence-electron chi connectivity index (χ0n) is 12.0. The molecule has 3 rings (SSSR count). The second-order valence-electron chi connectivity index (χ2n) is 6.93. The highest BCUT2D eigenvalue weighted by molar-refractivity contribution is 4.92. The lowest BCUT2D eigenvalue weighted by Crippen LogP contribution is -2.45.